The van der Waals surface area contributed by atoms with Crippen molar-refractivity contribution in [3.05, 3.63) is 29.8 Å². The second-order valence-corrected chi connectivity index (χ2v) is 5.55. The van der Waals surface area contributed by atoms with Crippen molar-refractivity contribution >= 4 is 11.6 Å². The summed E-state index contributed by atoms with van der Waals surface area (Å²) in [5.41, 5.74) is 7.05. The van der Waals surface area contributed by atoms with Crippen LogP contribution in [0.25, 0.3) is 0 Å². The number of hydrogen-bond donors (Lipinski definition) is 2. The molecule has 1 aromatic carbocycles. The summed E-state index contributed by atoms with van der Waals surface area (Å²) in [5.74, 6) is 0.399. The Hall–Kier alpha value is -1.55. The molecule has 1 heterocycles. The van der Waals surface area contributed by atoms with Gasteiger partial charge in [-0.05, 0) is 62.5 Å². The second-order valence-electron chi connectivity index (χ2n) is 5.55. The Kier molecular flexibility index (Phi) is 5.41. The van der Waals surface area contributed by atoms with Crippen LogP contribution in [0.5, 0.6) is 0 Å². The number of nitrogens with zero attached hydrogens (tertiary/aromatic N) is 1. The van der Waals surface area contributed by atoms with E-state index in [1.54, 1.807) is 0 Å². The van der Waals surface area contributed by atoms with Crippen molar-refractivity contribution in [1.82, 2.24) is 5.32 Å². The fraction of sp³-hybridized carbons (Fsp3) is 0.562. The summed E-state index contributed by atoms with van der Waals surface area (Å²) in [7, 11) is 0. The monoisotopic (exact) mass is 275 g/mol. The van der Waals surface area contributed by atoms with E-state index in [0.29, 0.717) is 5.56 Å². The van der Waals surface area contributed by atoms with Crippen molar-refractivity contribution in [3.8, 4) is 0 Å². The van der Waals surface area contributed by atoms with E-state index >= 15 is 0 Å². The number of nitrogens with two attached hydrogens (primary N) is 1. The molecule has 3 N–H and O–H groups in total. The summed E-state index contributed by atoms with van der Waals surface area (Å²) in [6, 6.07) is 7.67. The van der Waals surface area contributed by atoms with E-state index in [-0.39, 0.29) is 5.91 Å². The Bertz CT molecular complexity index is 424. The summed E-state index contributed by atoms with van der Waals surface area (Å²) < 4.78 is 0. The van der Waals surface area contributed by atoms with Crippen molar-refractivity contribution in [1.29, 1.82) is 0 Å². The molecular formula is C16H25N3O. The number of rotatable bonds is 6. The first-order valence-corrected chi connectivity index (χ1v) is 7.56. The molecule has 4 nitrogen and oxygen atoms in total. The smallest absolute Gasteiger partial charge is 0.248 e. The van der Waals surface area contributed by atoms with Gasteiger partial charge in [0.2, 0.25) is 5.91 Å². The summed E-state index contributed by atoms with van der Waals surface area (Å²) in [6.07, 6.45) is 3.63. The minimum Gasteiger partial charge on any atom is -0.371 e. The minimum absolute atomic E-state index is 0.364. The molecule has 0 unspecified atom stereocenters. The van der Waals surface area contributed by atoms with Gasteiger partial charge >= 0.3 is 0 Å². The Morgan fingerprint density at radius 3 is 2.50 bits per heavy atom. The van der Waals surface area contributed by atoms with Gasteiger partial charge in [0.15, 0.2) is 0 Å². The van der Waals surface area contributed by atoms with Gasteiger partial charge in [-0.2, -0.15) is 0 Å². The predicted molar refractivity (Wildman–Crippen MR) is 83.1 cm³/mol. The number of anilines is 1. The van der Waals surface area contributed by atoms with Crippen molar-refractivity contribution in [2.24, 2.45) is 11.7 Å². The van der Waals surface area contributed by atoms with Crippen LogP contribution in [0.15, 0.2) is 24.3 Å². The average molecular weight is 275 g/mol. The van der Waals surface area contributed by atoms with E-state index in [9.17, 15) is 4.79 Å². The third-order valence-corrected chi connectivity index (χ3v) is 3.95. The number of nitrogens with one attached hydrogen (secondary N) is 1. The molecule has 4 heteroatoms. The van der Waals surface area contributed by atoms with Crippen LogP contribution in [-0.2, 0) is 0 Å². The van der Waals surface area contributed by atoms with Gasteiger partial charge in [0.25, 0.3) is 0 Å². The SMILES string of the molecule is CCCN(CC1CCNCC1)c1ccc(C(N)=O)cc1. The van der Waals surface area contributed by atoms with Crippen LogP contribution < -0.4 is 16.0 Å². The summed E-state index contributed by atoms with van der Waals surface area (Å²) in [6.45, 7) is 6.62. The largest absolute Gasteiger partial charge is 0.371 e. The molecule has 2 rings (SSSR count). The molecule has 1 amide bonds. The predicted octanol–water partition coefficient (Wildman–Crippen LogP) is 2.00. The van der Waals surface area contributed by atoms with Gasteiger partial charge in [-0.1, -0.05) is 6.92 Å². The van der Waals surface area contributed by atoms with Crippen LogP contribution in [0.4, 0.5) is 5.69 Å². The third-order valence-electron chi connectivity index (χ3n) is 3.95. The van der Waals surface area contributed by atoms with Crippen LogP contribution >= 0.6 is 0 Å². The van der Waals surface area contributed by atoms with E-state index < -0.39 is 0 Å². The van der Waals surface area contributed by atoms with Crippen molar-refractivity contribution in [3.63, 3.8) is 0 Å². The Morgan fingerprint density at radius 2 is 1.95 bits per heavy atom. The van der Waals surface area contributed by atoms with Crippen molar-refractivity contribution in [2.75, 3.05) is 31.1 Å². The number of amides is 1. The molecule has 0 bridgehead atoms. The maximum atomic E-state index is 11.1. The van der Waals surface area contributed by atoms with Gasteiger partial charge < -0.3 is 16.0 Å². The molecule has 1 saturated heterocycles. The third kappa shape index (κ3) is 3.97. The number of hydrogen-bond acceptors (Lipinski definition) is 3. The zero-order valence-electron chi connectivity index (χ0n) is 12.3. The van der Waals surface area contributed by atoms with E-state index in [0.717, 1.165) is 38.5 Å². The number of piperidine rings is 1. The highest BCUT2D eigenvalue weighted by atomic mass is 16.1. The zero-order chi connectivity index (χ0) is 14.4. The fourth-order valence-corrected chi connectivity index (χ4v) is 2.81. The number of benzene rings is 1. The van der Waals surface area contributed by atoms with E-state index in [2.05, 4.69) is 17.1 Å². The summed E-state index contributed by atoms with van der Waals surface area (Å²) in [5, 5.41) is 3.41. The lowest BCUT2D eigenvalue weighted by Crippen LogP contribution is -2.36. The molecule has 0 aromatic heterocycles. The maximum Gasteiger partial charge on any atom is 0.248 e. The highest BCUT2D eigenvalue weighted by Gasteiger charge is 2.17. The Morgan fingerprint density at radius 1 is 1.30 bits per heavy atom. The lowest BCUT2D eigenvalue weighted by atomic mass is 9.97. The van der Waals surface area contributed by atoms with Gasteiger partial charge in [-0.15, -0.1) is 0 Å². The number of primary amides is 1. The van der Waals surface area contributed by atoms with E-state index in [1.807, 2.05) is 24.3 Å². The van der Waals surface area contributed by atoms with Crippen LogP contribution in [0, 0.1) is 5.92 Å². The highest BCUT2D eigenvalue weighted by Crippen LogP contribution is 2.20. The van der Waals surface area contributed by atoms with Crippen molar-refractivity contribution in [2.45, 2.75) is 26.2 Å². The normalized spacial score (nSPS) is 16.1. The minimum atomic E-state index is -0.364. The van der Waals surface area contributed by atoms with Gasteiger partial charge in [0.1, 0.15) is 0 Å². The molecule has 1 aliphatic heterocycles. The summed E-state index contributed by atoms with van der Waals surface area (Å²) in [4.78, 5) is 13.6. The van der Waals surface area contributed by atoms with Crippen LogP contribution in [0.3, 0.4) is 0 Å². The van der Waals surface area contributed by atoms with Gasteiger partial charge in [-0.3, -0.25) is 4.79 Å². The topological polar surface area (TPSA) is 58.4 Å². The molecule has 1 aliphatic rings. The van der Waals surface area contributed by atoms with Crippen LogP contribution in [0.1, 0.15) is 36.5 Å². The molecule has 110 valence electrons. The number of carbonyl (C=O) groups excluding carboxylic acids is 1. The first kappa shape index (κ1) is 14.9. The van der Waals surface area contributed by atoms with Crippen molar-refractivity contribution < 1.29 is 4.79 Å². The lowest BCUT2D eigenvalue weighted by Gasteiger charge is -2.31. The molecular weight excluding hydrogens is 250 g/mol. The fourth-order valence-electron chi connectivity index (χ4n) is 2.81. The Labute approximate surface area is 121 Å². The number of carbonyl (C=O) groups is 1. The Balaban J connectivity index is 2.04. The molecule has 0 spiro atoms. The molecule has 20 heavy (non-hydrogen) atoms. The molecule has 1 fully saturated rings. The molecule has 0 saturated carbocycles. The first-order valence-electron chi connectivity index (χ1n) is 7.56. The van der Waals surface area contributed by atoms with Crippen LogP contribution in [-0.4, -0.2) is 32.1 Å². The molecule has 0 atom stereocenters. The average Bonchev–Trinajstić information content (AvgIpc) is 2.48. The first-order chi connectivity index (χ1) is 9.70. The molecule has 1 aromatic rings. The molecule has 0 radical (unpaired) electrons. The van der Waals surface area contributed by atoms with Gasteiger partial charge in [-0.25, -0.2) is 0 Å². The van der Waals surface area contributed by atoms with E-state index in [1.165, 1.54) is 18.5 Å². The lowest BCUT2D eigenvalue weighted by molar-refractivity contribution is 0.100. The van der Waals surface area contributed by atoms with Gasteiger partial charge in [0.05, 0.1) is 0 Å². The zero-order valence-corrected chi connectivity index (χ0v) is 12.3. The second kappa shape index (κ2) is 7.29. The van der Waals surface area contributed by atoms with Crippen LogP contribution in [0.2, 0.25) is 0 Å². The quantitative estimate of drug-likeness (QED) is 0.835. The summed E-state index contributed by atoms with van der Waals surface area (Å²) >= 11 is 0. The standard InChI is InChI=1S/C16H25N3O/c1-2-11-19(12-13-7-9-18-10-8-13)15-5-3-14(4-6-15)16(17)20/h3-6,13,18H,2,7-12H2,1H3,(H2,17,20). The van der Waals surface area contributed by atoms with E-state index in [4.69, 9.17) is 5.73 Å². The highest BCUT2D eigenvalue weighted by molar-refractivity contribution is 5.93. The van der Waals surface area contributed by atoms with Gasteiger partial charge in [0, 0.05) is 24.3 Å². The maximum absolute atomic E-state index is 11.1. The molecule has 0 aliphatic carbocycles.